The number of carbonyl (C=O) groups is 1. The van der Waals surface area contributed by atoms with Crippen molar-refractivity contribution < 1.29 is 19.0 Å². The van der Waals surface area contributed by atoms with E-state index >= 15 is 0 Å². The summed E-state index contributed by atoms with van der Waals surface area (Å²) in [5, 5.41) is 0. The van der Waals surface area contributed by atoms with Gasteiger partial charge < -0.3 is 19.1 Å². The number of fused-ring (bicyclic) bond motifs is 4. The summed E-state index contributed by atoms with van der Waals surface area (Å²) in [6.45, 7) is 7.96. The molecule has 1 aliphatic carbocycles. The van der Waals surface area contributed by atoms with Crippen LogP contribution in [0.5, 0.6) is 5.75 Å². The lowest BCUT2D eigenvalue weighted by Gasteiger charge is -2.51. The summed E-state index contributed by atoms with van der Waals surface area (Å²) in [4.78, 5) is 15.2. The third-order valence-electron chi connectivity index (χ3n) is 7.39. The van der Waals surface area contributed by atoms with E-state index in [2.05, 4.69) is 26.8 Å². The Hall–Kier alpha value is -1.59. The highest BCUT2D eigenvalue weighted by atomic mass is 16.7. The zero-order valence-corrected chi connectivity index (χ0v) is 15.3. The lowest BCUT2D eigenvalue weighted by molar-refractivity contribution is -0.202. The van der Waals surface area contributed by atoms with Gasteiger partial charge in [0.05, 0.1) is 31.5 Å². The predicted molar refractivity (Wildman–Crippen MR) is 92.8 cm³/mol. The minimum atomic E-state index is -0.570. The molecule has 3 aliphatic heterocycles. The number of methoxy groups -OCH3 is 1. The van der Waals surface area contributed by atoms with Crippen molar-refractivity contribution in [1.29, 1.82) is 0 Å². The molecule has 1 saturated carbocycles. The summed E-state index contributed by atoms with van der Waals surface area (Å²) in [5.74, 6) is 0.796. The van der Waals surface area contributed by atoms with Gasteiger partial charge in [-0.15, -0.1) is 0 Å². The SMILES string of the molecule is COc1ccc2c(c1)N1C(=O)C[C@@H](C)[C@H]3C4(C[C@@]2(C)[C@]31C)OCCO4. The van der Waals surface area contributed by atoms with Gasteiger partial charge in [0.1, 0.15) is 5.75 Å². The molecule has 0 aromatic heterocycles. The maximum atomic E-state index is 13.1. The molecule has 25 heavy (non-hydrogen) atoms. The molecular formula is C20H25NO4. The number of nitrogens with zero attached hydrogens (tertiary/aromatic N) is 1. The third-order valence-corrected chi connectivity index (χ3v) is 7.39. The summed E-state index contributed by atoms with van der Waals surface area (Å²) in [7, 11) is 1.67. The molecular weight excluding hydrogens is 318 g/mol. The Morgan fingerprint density at radius 2 is 1.96 bits per heavy atom. The van der Waals surface area contributed by atoms with Crippen LogP contribution in [-0.2, 0) is 19.7 Å². The van der Waals surface area contributed by atoms with E-state index in [0.717, 1.165) is 17.9 Å². The highest BCUT2D eigenvalue weighted by molar-refractivity contribution is 6.00. The second-order valence-corrected chi connectivity index (χ2v) is 8.44. The van der Waals surface area contributed by atoms with Gasteiger partial charge in [0.2, 0.25) is 5.91 Å². The van der Waals surface area contributed by atoms with Crippen molar-refractivity contribution in [1.82, 2.24) is 0 Å². The number of piperidine rings is 1. The highest BCUT2D eigenvalue weighted by Crippen LogP contribution is 2.70. The molecule has 3 heterocycles. The van der Waals surface area contributed by atoms with E-state index in [1.807, 2.05) is 17.0 Å². The van der Waals surface area contributed by atoms with Crippen molar-refractivity contribution >= 4 is 11.6 Å². The minimum absolute atomic E-state index is 0.156. The third kappa shape index (κ3) is 1.56. The van der Waals surface area contributed by atoms with Crippen LogP contribution in [0.2, 0.25) is 0 Å². The van der Waals surface area contributed by atoms with Crippen LogP contribution in [0.3, 0.4) is 0 Å². The first-order valence-corrected chi connectivity index (χ1v) is 9.17. The van der Waals surface area contributed by atoms with Crippen LogP contribution < -0.4 is 9.64 Å². The zero-order valence-electron chi connectivity index (χ0n) is 15.3. The molecule has 1 spiro atoms. The number of amides is 1. The lowest BCUT2D eigenvalue weighted by Crippen LogP contribution is -2.64. The summed E-state index contributed by atoms with van der Waals surface area (Å²) < 4.78 is 17.9. The van der Waals surface area contributed by atoms with Crippen molar-refractivity contribution in [3.05, 3.63) is 23.8 Å². The maximum absolute atomic E-state index is 13.1. The average Bonchev–Trinajstić information content (AvgIpc) is 3.14. The van der Waals surface area contributed by atoms with E-state index < -0.39 is 5.79 Å². The number of benzene rings is 1. The fourth-order valence-corrected chi connectivity index (χ4v) is 6.46. The molecule has 2 saturated heterocycles. The lowest BCUT2D eigenvalue weighted by atomic mass is 9.64. The second kappa shape index (κ2) is 4.57. The van der Waals surface area contributed by atoms with E-state index in [0.29, 0.717) is 19.6 Å². The molecule has 134 valence electrons. The van der Waals surface area contributed by atoms with E-state index in [1.54, 1.807) is 7.11 Å². The van der Waals surface area contributed by atoms with Gasteiger partial charge in [-0.25, -0.2) is 0 Å². The van der Waals surface area contributed by atoms with Gasteiger partial charge in [-0.3, -0.25) is 4.79 Å². The van der Waals surface area contributed by atoms with Gasteiger partial charge in [0.15, 0.2) is 5.79 Å². The highest BCUT2D eigenvalue weighted by Gasteiger charge is 2.77. The molecule has 4 aliphatic rings. The van der Waals surface area contributed by atoms with Crippen LogP contribution in [0.15, 0.2) is 18.2 Å². The number of carbonyl (C=O) groups excluding carboxylic acids is 1. The van der Waals surface area contributed by atoms with Crippen LogP contribution in [0, 0.1) is 11.8 Å². The Bertz CT molecular complexity index is 771. The molecule has 5 nitrogen and oxygen atoms in total. The van der Waals surface area contributed by atoms with Crippen LogP contribution in [0.1, 0.15) is 39.2 Å². The van der Waals surface area contributed by atoms with E-state index in [1.165, 1.54) is 5.56 Å². The van der Waals surface area contributed by atoms with Gasteiger partial charge in [-0.2, -0.15) is 0 Å². The van der Waals surface area contributed by atoms with Gasteiger partial charge in [-0.05, 0) is 24.5 Å². The van der Waals surface area contributed by atoms with Crippen molar-refractivity contribution in [2.75, 3.05) is 25.2 Å². The molecule has 5 heteroatoms. The molecule has 1 aromatic rings. The van der Waals surface area contributed by atoms with Crippen LogP contribution in [0.25, 0.3) is 0 Å². The molecule has 0 unspecified atom stereocenters. The molecule has 4 atom stereocenters. The Labute approximate surface area is 148 Å². The fourth-order valence-electron chi connectivity index (χ4n) is 6.46. The van der Waals surface area contributed by atoms with Crippen LogP contribution in [-0.4, -0.2) is 37.6 Å². The maximum Gasteiger partial charge on any atom is 0.227 e. The Balaban J connectivity index is 1.78. The first kappa shape index (κ1) is 15.6. The quantitative estimate of drug-likeness (QED) is 0.787. The fraction of sp³-hybridized carbons (Fsp3) is 0.650. The molecule has 1 amide bonds. The smallest absolute Gasteiger partial charge is 0.227 e. The van der Waals surface area contributed by atoms with Crippen molar-refractivity contribution in [3.63, 3.8) is 0 Å². The zero-order chi connectivity index (χ0) is 17.6. The van der Waals surface area contributed by atoms with Crippen LogP contribution in [0.4, 0.5) is 5.69 Å². The summed E-state index contributed by atoms with van der Waals surface area (Å²) >= 11 is 0. The summed E-state index contributed by atoms with van der Waals surface area (Å²) in [6, 6.07) is 6.13. The largest absolute Gasteiger partial charge is 0.497 e. The van der Waals surface area contributed by atoms with Crippen molar-refractivity contribution in [3.8, 4) is 5.75 Å². The summed E-state index contributed by atoms with van der Waals surface area (Å²) in [5.41, 5.74) is 1.66. The Kier molecular flexibility index (Phi) is 2.86. The van der Waals surface area contributed by atoms with Crippen molar-refractivity contribution in [2.24, 2.45) is 11.8 Å². The van der Waals surface area contributed by atoms with E-state index in [4.69, 9.17) is 14.2 Å². The first-order valence-electron chi connectivity index (χ1n) is 9.17. The number of hydrogen-bond donors (Lipinski definition) is 0. The molecule has 0 radical (unpaired) electrons. The Morgan fingerprint density at radius 3 is 2.64 bits per heavy atom. The van der Waals surface area contributed by atoms with Gasteiger partial charge in [0, 0.05) is 30.2 Å². The molecule has 3 fully saturated rings. The van der Waals surface area contributed by atoms with Gasteiger partial charge in [-0.1, -0.05) is 19.9 Å². The number of hydrogen-bond acceptors (Lipinski definition) is 4. The van der Waals surface area contributed by atoms with Crippen molar-refractivity contribution in [2.45, 2.75) is 50.4 Å². The number of anilines is 1. The number of ether oxygens (including phenoxy) is 3. The minimum Gasteiger partial charge on any atom is -0.497 e. The van der Waals surface area contributed by atoms with Crippen LogP contribution >= 0.6 is 0 Å². The normalized spacial score (nSPS) is 40.5. The molecule has 0 N–H and O–H groups in total. The summed E-state index contributed by atoms with van der Waals surface area (Å²) in [6.07, 6.45) is 1.32. The monoisotopic (exact) mass is 343 g/mol. The van der Waals surface area contributed by atoms with E-state index in [-0.39, 0.29) is 28.7 Å². The number of rotatable bonds is 1. The molecule has 1 aromatic carbocycles. The standard InChI is InChI=1S/C20H25NO4/c1-12-9-16(22)21-15-10-13(23-4)5-6-14(15)18(2)11-20(24-7-8-25-20)17(12)19(18,21)3/h5-6,10,12,17H,7-9,11H2,1-4H3/t12-,17-,18-,19+/m1/s1. The first-order chi connectivity index (χ1) is 11.9. The average molecular weight is 343 g/mol. The topological polar surface area (TPSA) is 48.0 Å². The van der Waals surface area contributed by atoms with Gasteiger partial charge in [0.25, 0.3) is 0 Å². The molecule has 5 rings (SSSR count). The molecule has 0 bridgehead atoms. The van der Waals surface area contributed by atoms with E-state index in [9.17, 15) is 4.79 Å². The van der Waals surface area contributed by atoms with Gasteiger partial charge >= 0.3 is 0 Å². The Morgan fingerprint density at radius 1 is 1.24 bits per heavy atom. The predicted octanol–water partition coefficient (Wildman–Crippen LogP) is 2.86. The second-order valence-electron chi connectivity index (χ2n) is 8.44.